The standard InChI is InChI=1S/C20H26N2O4/c23-18(16-6-2-3-7-17(16)20(25)26)21-15-10-8-14(9-11-15)19(24)22-12-4-1-5-13-22/h8-11,16-17H,1-7,12-13H2,(H,21,23)(H,25,26)/p-1/t16-,17-/m1/s1. The average molecular weight is 357 g/mol. The number of amides is 2. The molecule has 1 N–H and O–H groups in total. The predicted octanol–water partition coefficient (Wildman–Crippen LogP) is 1.81. The second-order valence-corrected chi connectivity index (χ2v) is 7.24. The number of aliphatic carboxylic acids is 1. The van der Waals surface area contributed by atoms with Crippen LogP contribution < -0.4 is 10.4 Å². The van der Waals surface area contributed by atoms with E-state index in [-0.39, 0.29) is 11.8 Å². The maximum atomic E-state index is 12.5. The van der Waals surface area contributed by atoms with E-state index in [1.54, 1.807) is 24.3 Å². The lowest BCUT2D eigenvalue weighted by Gasteiger charge is -2.31. The summed E-state index contributed by atoms with van der Waals surface area (Å²) in [5.41, 5.74) is 1.18. The van der Waals surface area contributed by atoms with Gasteiger partial charge in [-0.25, -0.2) is 0 Å². The number of carbonyl (C=O) groups excluding carboxylic acids is 3. The van der Waals surface area contributed by atoms with E-state index < -0.39 is 17.8 Å². The molecule has 6 heteroatoms. The Bertz CT molecular complexity index is 665. The molecule has 1 aromatic rings. The van der Waals surface area contributed by atoms with Crippen LogP contribution in [0.2, 0.25) is 0 Å². The first-order valence-corrected chi connectivity index (χ1v) is 9.47. The van der Waals surface area contributed by atoms with Crippen LogP contribution >= 0.6 is 0 Å². The van der Waals surface area contributed by atoms with Crippen LogP contribution in [0.1, 0.15) is 55.3 Å². The zero-order valence-corrected chi connectivity index (χ0v) is 14.9. The topological polar surface area (TPSA) is 89.5 Å². The summed E-state index contributed by atoms with van der Waals surface area (Å²) in [4.78, 5) is 38.1. The van der Waals surface area contributed by atoms with Crippen LogP contribution in [0.15, 0.2) is 24.3 Å². The van der Waals surface area contributed by atoms with Crippen molar-refractivity contribution in [2.24, 2.45) is 11.8 Å². The van der Waals surface area contributed by atoms with E-state index in [4.69, 9.17) is 0 Å². The Morgan fingerprint density at radius 2 is 1.50 bits per heavy atom. The molecule has 1 aromatic carbocycles. The second kappa shape index (κ2) is 8.34. The number of anilines is 1. The summed E-state index contributed by atoms with van der Waals surface area (Å²) in [5.74, 6) is -2.68. The van der Waals surface area contributed by atoms with Crippen LogP contribution in [0.4, 0.5) is 5.69 Å². The Morgan fingerprint density at radius 3 is 2.12 bits per heavy atom. The van der Waals surface area contributed by atoms with Crippen LogP contribution in [0, 0.1) is 11.8 Å². The normalized spacial score (nSPS) is 23.3. The van der Waals surface area contributed by atoms with Crippen molar-refractivity contribution >= 4 is 23.5 Å². The van der Waals surface area contributed by atoms with E-state index in [1.165, 1.54) is 6.42 Å². The number of hydrogen-bond donors (Lipinski definition) is 1. The Labute approximate surface area is 153 Å². The van der Waals surface area contributed by atoms with Crippen LogP contribution in [0.3, 0.4) is 0 Å². The molecule has 3 rings (SSSR count). The fourth-order valence-electron chi connectivity index (χ4n) is 3.94. The van der Waals surface area contributed by atoms with Gasteiger partial charge in [-0.15, -0.1) is 0 Å². The molecule has 1 saturated carbocycles. The molecule has 26 heavy (non-hydrogen) atoms. The Balaban J connectivity index is 1.62. The van der Waals surface area contributed by atoms with Gasteiger partial charge in [0.05, 0.1) is 0 Å². The van der Waals surface area contributed by atoms with Crippen molar-refractivity contribution < 1.29 is 19.5 Å². The first-order chi connectivity index (χ1) is 12.6. The highest BCUT2D eigenvalue weighted by molar-refractivity contribution is 5.97. The molecule has 2 amide bonds. The fraction of sp³-hybridized carbons (Fsp3) is 0.550. The molecule has 0 aromatic heterocycles. The van der Waals surface area contributed by atoms with Gasteiger partial charge < -0.3 is 20.1 Å². The van der Waals surface area contributed by atoms with Gasteiger partial charge in [-0.2, -0.15) is 0 Å². The smallest absolute Gasteiger partial charge is 0.253 e. The van der Waals surface area contributed by atoms with Crippen molar-refractivity contribution in [1.29, 1.82) is 0 Å². The average Bonchev–Trinajstić information content (AvgIpc) is 2.68. The summed E-state index contributed by atoms with van der Waals surface area (Å²) in [5, 5.41) is 14.0. The second-order valence-electron chi connectivity index (χ2n) is 7.24. The zero-order valence-electron chi connectivity index (χ0n) is 14.9. The van der Waals surface area contributed by atoms with Crippen LogP contribution in [-0.2, 0) is 9.59 Å². The van der Waals surface area contributed by atoms with Crippen molar-refractivity contribution in [3.63, 3.8) is 0 Å². The Kier molecular flexibility index (Phi) is 5.91. The van der Waals surface area contributed by atoms with E-state index in [0.29, 0.717) is 24.1 Å². The van der Waals surface area contributed by atoms with Crippen molar-refractivity contribution in [3.05, 3.63) is 29.8 Å². The number of rotatable bonds is 4. The van der Waals surface area contributed by atoms with E-state index in [1.807, 2.05) is 4.90 Å². The highest BCUT2D eigenvalue weighted by Gasteiger charge is 2.31. The van der Waals surface area contributed by atoms with E-state index in [2.05, 4.69) is 5.32 Å². The summed E-state index contributed by atoms with van der Waals surface area (Å²) in [6, 6.07) is 6.82. The van der Waals surface area contributed by atoms with E-state index in [9.17, 15) is 19.5 Å². The van der Waals surface area contributed by atoms with Crippen molar-refractivity contribution in [2.45, 2.75) is 44.9 Å². The minimum absolute atomic E-state index is 0.0203. The van der Waals surface area contributed by atoms with E-state index in [0.717, 1.165) is 38.8 Å². The largest absolute Gasteiger partial charge is 0.550 e. The molecule has 1 aliphatic carbocycles. The highest BCUT2D eigenvalue weighted by atomic mass is 16.4. The number of likely N-dealkylation sites (tertiary alicyclic amines) is 1. The summed E-state index contributed by atoms with van der Waals surface area (Å²) in [7, 11) is 0. The molecule has 1 aliphatic heterocycles. The number of carbonyl (C=O) groups is 3. The monoisotopic (exact) mass is 357 g/mol. The van der Waals surface area contributed by atoms with Crippen molar-refractivity contribution in [3.8, 4) is 0 Å². The minimum Gasteiger partial charge on any atom is -0.550 e. The molecule has 2 atom stereocenters. The number of nitrogens with one attached hydrogen (secondary N) is 1. The number of benzene rings is 1. The van der Waals surface area contributed by atoms with Gasteiger partial charge in [0, 0.05) is 42.1 Å². The maximum absolute atomic E-state index is 12.5. The maximum Gasteiger partial charge on any atom is 0.253 e. The zero-order chi connectivity index (χ0) is 18.5. The SMILES string of the molecule is O=C([O-])[C@@H]1CCCC[C@H]1C(=O)Nc1ccc(C(=O)N2CCCCC2)cc1. The molecule has 6 nitrogen and oxygen atoms in total. The molecule has 0 unspecified atom stereocenters. The number of hydrogen-bond acceptors (Lipinski definition) is 4. The molecule has 0 radical (unpaired) electrons. The van der Waals surface area contributed by atoms with Crippen LogP contribution in [-0.4, -0.2) is 35.8 Å². The van der Waals surface area contributed by atoms with Gasteiger partial charge in [-0.05, 0) is 56.4 Å². The third-order valence-corrected chi connectivity index (χ3v) is 5.45. The lowest BCUT2D eigenvalue weighted by molar-refractivity contribution is -0.313. The van der Waals surface area contributed by atoms with Gasteiger partial charge in [0.15, 0.2) is 0 Å². The molecular formula is C20H25N2O4-. The summed E-state index contributed by atoms with van der Waals surface area (Å²) < 4.78 is 0. The first-order valence-electron chi connectivity index (χ1n) is 9.47. The first kappa shape index (κ1) is 18.4. The molecule has 0 spiro atoms. The van der Waals surface area contributed by atoms with Gasteiger partial charge in [-0.1, -0.05) is 12.8 Å². The number of nitrogens with zero attached hydrogens (tertiary/aromatic N) is 1. The molecule has 2 fully saturated rings. The number of carboxylic acids is 1. The Hall–Kier alpha value is -2.37. The fourth-order valence-corrected chi connectivity index (χ4v) is 3.94. The quantitative estimate of drug-likeness (QED) is 0.890. The lowest BCUT2D eigenvalue weighted by Crippen LogP contribution is -2.42. The lowest BCUT2D eigenvalue weighted by atomic mass is 9.78. The molecule has 1 saturated heterocycles. The Morgan fingerprint density at radius 1 is 0.885 bits per heavy atom. The number of carboxylic acid groups (broad SMARTS) is 1. The third kappa shape index (κ3) is 4.23. The van der Waals surface area contributed by atoms with E-state index >= 15 is 0 Å². The van der Waals surface area contributed by atoms with Crippen molar-refractivity contribution in [2.75, 3.05) is 18.4 Å². The molecule has 1 heterocycles. The molecule has 140 valence electrons. The molecule has 0 bridgehead atoms. The predicted molar refractivity (Wildman–Crippen MR) is 95.3 cm³/mol. The highest BCUT2D eigenvalue weighted by Crippen LogP contribution is 2.30. The molecule has 2 aliphatic rings. The molecular weight excluding hydrogens is 332 g/mol. The van der Waals surface area contributed by atoms with Gasteiger partial charge in [-0.3, -0.25) is 9.59 Å². The van der Waals surface area contributed by atoms with Gasteiger partial charge >= 0.3 is 0 Å². The van der Waals surface area contributed by atoms with Crippen LogP contribution in [0.25, 0.3) is 0 Å². The summed E-state index contributed by atoms with van der Waals surface area (Å²) in [6.45, 7) is 1.59. The van der Waals surface area contributed by atoms with Crippen molar-refractivity contribution in [1.82, 2.24) is 4.90 Å². The minimum atomic E-state index is -1.15. The summed E-state index contributed by atoms with van der Waals surface area (Å²) in [6.07, 6.45) is 5.98. The summed E-state index contributed by atoms with van der Waals surface area (Å²) >= 11 is 0. The van der Waals surface area contributed by atoms with Gasteiger partial charge in [0.2, 0.25) is 5.91 Å². The van der Waals surface area contributed by atoms with Gasteiger partial charge in [0.1, 0.15) is 0 Å². The van der Waals surface area contributed by atoms with Gasteiger partial charge in [0.25, 0.3) is 5.91 Å². The third-order valence-electron chi connectivity index (χ3n) is 5.45. The number of piperidine rings is 1. The van der Waals surface area contributed by atoms with Crippen LogP contribution in [0.5, 0.6) is 0 Å².